The van der Waals surface area contributed by atoms with Crippen molar-refractivity contribution in [3.63, 3.8) is 0 Å². The number of carbonyl (C=O) groups is 2. The van der Waals surface area contributed by atoms with Crippen molar-refractivity contribution in [1.29, 1.82) is 0 Å². The molecule has 2 fully saturated rings. The van der Waals surface area contributed by atoms with Crippen LogP contribution in [0, 0.1) is 0 Å². The van der Waals surface area contributed by atoms with Gasteiger partial charge < -0.3 is 10.1 Å². The highest BCUT2D eigenvalue weighted by molar-refractivity contribution is 6.06. The normalized spacial score (nSPS) is 25.0. The number of carbonyl (C=O) groups excluding carboxylic acids is 2. The van der Waals surface area contributed by atoms with E-state index in [0.29, 0.717) is 26.2 Å². The molecule has 2 aliphatic heterocycles. The molecular formula is C14H22N6O3. The average Bonchev–Trinajstić information content (AvgIpc) is 3.06. The second-order valence-corrected chi connectivity index (χ2v) is 6.42. The maximum atomic E-state index is 12.2. The summed E-state index contributed by atoms with van der Waals surface area (Å²) in [5, 5.41) is 6.78. The lowest BCUT2D eigenvalue weighted by Gasteiger charge is -2.33. The number of aromatic nitrogens is 3. The van der Waals surface area contributed by atoms with E-state index in [1.54, 1.807) is 24.9 Å². The zero-order valence-electron chi connectivity index (χ0n) is 13.4. The van der Waals surface area contributed by atoms with Gasteiger partial charge in [0.1, 0.15) is 18.2 Å². The van der Waals surface area contributed by atoms with Gasteiger partial charge >= 0.3 is 6.03 Å². The van der Waals surface area contributed by atoms with E-state index in [1.165, 1.54) is 11.2 Å². The number of imide groups is 1. The van der Waals surface area contributed by atoms with Crippen molar-refractivity contribution in [2.45, 2.75) is 32.0 Å². The lowest BCUT2D eigenvalue weighted by Crippen LogP contribution is -2.48. The summed E-state index contributed by atoms with van der Waals surface area (Å²) in [6.07, 6.45) is 3.20. The molecule has 126 valence electrons. The number of ether oxygens (including phenoxy) is 1. The van der Waals surface area contributed by atoms with E-state index in [4.69, 9.17) is 4.74 Å². The number of morpholine rings is 1. The van der Waals surface area contributed by atoms with Crippen LogP contribution < -0.4 is 5.32 Å². The topological polar surface area (TPSA) is 92.6 Å². The van der Waals surface area contributed by atoms with Gasteiger partial charge in [-0.15, -0.1) is 0 Å². The molecule has 0 spiro atoms. The second kappa shape index (κ2) is 6.25. The van der Waals surface area contributed by atoms with Crippen LogP contribution in [0.4, 0.5) is 4.79 Å². The average molecular weight is 322 g/mol. The summed E-state index contributed by atoms with van der Waals surface area (Å²) >= 11 is 0. The second-order valence-electron chi connectivity index (χ2n) is 6.42. The van der Waals surface area contributed by atoms with Crippen LogP contribution in [0.3, 0.4) is 0 Å². The predicted octanol–water partition coefficient (Wildman–Crippen LogP) is -0.691. The highest BCUT2D eigenvalue weighted by Gasteiger charge is 2.44. The minimum absolute atomic E-state index is 0.0324. The highest BCUT2D eigenvalue weighted by Crippen LogP contribution is 2.16. The van der Waals surface area contributed by atoms with Crippen molar-refractivity contribution in [1.82, 2.24) is 29.9 Å². The van der Waals surface area contributed by atoms with Crippen LogP contribution in [-0.2, 0) is 16.1 Å². The molecule has 1 aromatic heterocycles. The Morgan fingerprint density at radius 3 is 2.87 bits per heavy atom. The van der Waals surface area contributed by atoms with Crippen LogP contribution in [0.1, 0.15) is 13.8 Å². The van der Waals surface area contributed by atoms with Crippen LogP contribution in [0.25, 0.3) is 0 Å². The highest BCUT2D eigenvalue weighted by atomic mass is 16.5. The minimum Gasteiger partial charge on any atom is -0.374 e. The number of hydrogen-bond donors (Lipinski definition) is 1. The molecule has 3 amide bonds. The monoisotopic (exact) mass is 322 g/mol. The standard InChI is InChI=1S/C14H22N6O3/c1-14(2)12(21)20(13(22)17-14)4-3-18-5-6-23-11(7-18)8-19-10-15-9-16-19/h9-11H,3-8H2,1-2H3,(H,17,22)/t11-/m0/s1. The van der Waals surface area contributed by atoms with Crippen molar-refractivity contribution in [2.75, 3.05) is 32.8 Å². The smallest absolute Gasteiger partial charge is 0.325 e. The Kier molecular flexibility index (Phi) is 4.31. The number of amides is 3. The molecular weight excluding hydrogens is 300 g/mol. The number of rotatable bonds is 5. The molecule has 0 saturated carbocycles. The van der Waals surface area contributed by atoms with Gasteiger partial charge in [0.05, 0.1) is 19.3 Å². The third-order valence-electron chi connectivity index (χ3n) is 4.16. The van der Waals surface area contributed by atoms with E-state index in [2.05, 4.69) is 20.3 Å². The maximum absolute atomic E-state index is 12.2. The van der Waals surface area contributed by atoms with Gasteiger partial charge in [0.15, 0.2) is 0 Å². The van der Waals surface area contributed by atoms with Gasteiger partial charge in [-0.3, -0.25) is 19.3 Å². The summed E-state index contributed by atoms with van der Waals surface area (Å²) in [7, 11) is 0. The van der Waals surface area contributed by atoms with Crippen LogP contribution >= 0.6 is 0 Å². The summed E-state index contributed by atoms with van der Waals surface area (Å²) in [6.45, 7) is 7.29. The van der Waals surface area contributed by atoms with E-state index in [0.717, 1.165) is 13.1 Å². The van der Waals surface area contributed by atoms with Gasteiger partial charge in [0.2, 0.25) is 0 Å². The van der Waals surface area contributed by atoms with Crippen molar-refractivity contribution in [3.05, 3.63) is 12.7 Å². The molecule has 3 heterocycles. The summed E-state index contributed by atoms with van der Waals surface area (Å²) in [5.41, 5.74) is -0.808. The quantitative estimate of drug-likeness (QED) is 0.721. The lowest BCUT2D eigenvalue weighted by molar-refractivity contribution is -0.130. The lowest BCUT2D eigenvalue weighted by atomic mass is 10.1. The Labute approximate surface area is 134 Å². The van der Waals surface area contributed by atoms with E-state index in [1.807, 2.05) is 0 Å². The van der Waals surface area contributed by atoms with E-state index in [-0.39, 0.29) is 18.0 Å². The van der Waals surface area contributed by atoms with Crippen molar-refractivity contribution < 1.29 is 14.3 Å². The first-order valence-electron chi connectivity index (χ1n) is 7.76. The fourth-order valence-corrected chi connectivity index (χ4v) is 2.89. The van der Waals surface area contributed by atoms with Gasteiger partial charge in [-0.2, -0.15) is 5.10 Å². The summed E-state index contributed by atoms with van der Waals surface area (Å²) in [6, 6.07) is -0.313. The predicted molar refractivity (Wildman–Crippen MR) is 80.5 cm³/mol. The van der Waals surface area contributed by atoms with E-state index in [9.17, 15) is 9.59 Å². The molecule has 1 aromatic rings. The van der Waals surface area contributed by atoms with Gasteiger partial charge in [-0.05, 0) is 13.8 Å². The van der Waals surface area contributed by atoms with Gasteiger partial charge in [0.25, 0.3) is 5.91 Å². The zero-order valence-corrected chi connectivity index (χ0v) is 13.4. The van der Waals surface area contributed by atoms with E-state index >= 15 is 0 Å². The third kappa shape index (κ3) is 3.50. The Balaban J connectivity index is 1.50. The van der Waals surface area contributed by atoms with Crippen molar-refractivity contribution in [3.8, 4) is 0 Å². The molecule has 0 radical (unpaired) electrons. The van der Waals surface area contributed by atoms with Crippen LogP contribution in [0.15, 0.2) is 12.7 Å². The Morgan fingerprint density at radius 2 is 2.22 bits per heavy atom. The number of hydrogen-bond acceptors (Lipinski definition) is 6. The molecule has 9 nitrogen and oxygen atoms in total. The molecule has 0 aromatic carbocycles. The summed E-state index contributed by atoms with van der Waals surface area (Å²) in [5.74, 6) is -0.171. The maximum Gasteiger partial charge on any atom is 0.325 e. The molecule has 0 unspecified atom stereocenters. The number of urea groups is 1. The first kappa shape index (κ1) is 15.9. The first-order valence-corrected chi connectivity index (χ1v) is 7.76. The van der Waals surface area contributed by atoms with Crippen molar-refractivity contribution in [2.24, 2.45) is 0 Å². The first-order chi connectivity index (χ1) is 11.0. The van der Waals surface area contributed by atoms with Gasteiger partial charge in [-0.25, -0.2) is 9.78 Å². The molecule has 1 N–H and O–H groups in total. The molecule has 3 rings (SSSR count). The minimum atomic E-state index is -0.808. The third-order valence-corrected chi connectivity index (χ3v) is 4.16. The largest absolute Gasteiger partial charge is 0.374 e. The zero-order chi connectivity index (χ0) is 16.4. The SMILES string of the molecule is CC1(C)NC(=O)N(CCN2CCO[C@H](Cn3cncn3)C2)C1=O. The van der Waals surface area contributed by atoms with Crippen molar-refractivity contribution >= 4 is 11.9 Å². The molecule has 2 saturated heterocycles. The van der Waals surface area contributed by atoms with Crippen LogP contribution in [0.2, 0.25) is 0 Å². The molecule has 0 bridgehead atoms. The molecule has 2 aliphatic rings. The fraction of sp³-hybridized carbons (Fsp3) is 0.714. The number of nitrogens with zero attached hydrogens (tertiary/aromatic N) is 5. The molecule has 0 aliphatic carbocycles. The number of nitrogens with one attached hydrogen (secondary N) is 1. The van der Waals surface area contributed by atoms with Gasteiger partial charge in [0, 0.05) is 26.2 Å². The Morgan fingerprint density at radius 1 is 1.39 bits per heavy atom. The van der Waals surface area contributed by atoms with Crippen LogP contribution in [-0.4, -0.2) is 80.9 Å². The summed E-state index contributed by atoms with van der Waals surface area (Å²) < 4.78 is 7.48. The fourth-order valence-electron chi connectivity index (χ4n) is 2.89. The molecule has 23 heavy (non-hydrogen) atoms. The molecule has 9 heteroatoms. The summed E-state index contributed by atoms with van der Waals surface area (Å²) in [4.78, 5) is 31.5. The Bertz CT molecular complexity index is 573. The molecule has 1 atom stereocenters. The van der Waals surface area contributed by atoms with Gasteiger partial charge in [-0.1, -0.05) is 0 Å². The van der Waals surface area contributed by atoms with E-state index < -0.39 is 5.54 Å². The Hall–Kier alpha value is -2.00. The van der Waals surface area contributed by atoms with Crippen LogP contribution in [0.5, 0.6) is 0 Å².